The molecule has 0 aliphatic heterocycles. The summed E-state index contributed by atoms with van der Waals surface area (Å²) in [7, 11) is 1.51. The molecule has 15 heavy (non-hydrogen) atoms. The molecule has 0 aromatic heterocycles. The highest BCUT2D eigenvalue weighted by Gasteiger charge is 2.19. The maximum absolute atomic E-state index is 13.0. The van der Waals surface area contributed by atoms with Crippen LogP contribution in [0.5, 0.6) is 5.75 Å². The average Bonchev–Trinajstić information content (AvgIpc) is 2.27. The van der Waals surface area contributed by atoms with E-state index in [4.69, 9.17) is 4.74 Å². The van der Waals surface area contributed by atoms with Crippen molar-refractivity contribution in [3.63, 3.8) is 0 Å². The minimum absolute atomic E-state index is 0.0840. The van der Waals surface area contributed by atoms with Gasteiger partial charge in [0.2, 0.25) is 0 Å². The lowest BCUT2D eigenvalue weighted by Gasteiger charge is -2.19. The Morgan fingerprint density at radius 3 is 2.67 bits per heavy atom. The first kappa shape index (κ1) is 12.0. The summed E-state index contributed by atoms with van der Waals surface area (Å²) in [5, 5.41) is 9.98. The van der Waals surface area contributed by atoms with Crippen LogP contribution in [0.3, 0.4) is 0 Å². The minimum Gasteiger partial charge on any atom is -0.496 e. The number of ether oxygens (including phenoxy) is 1. The van der Waals surface area contributed by atoms with Gasteiger partial charge < -0.3 is 9.84 Å². The van der Waals surface area contributed by atoms with Gasteiger partial charge in [-0.1, -0.05) is 20.3 Å². The van der Waals surface area contributed by atoms with Gasteiger partial charge in [0.25, 0.3) is 0 Å². The van der Waals surface area contributed by atoms with Gasteiger partial charge in [0.05, 0.1) is 13.2 Å². The number of rotatable bonds is 4. The molecule has 2 unspecified atom stereocenters. The molecule has 0 aliphatic carbocycles. The van der Waals surface area contributed by atoms with Gasteiger partial charge >= 0.3 is 0 Å². The number of hydrogen-bond acceptors (Lipinski definition) is 2. The van der Waals surface area contributed by atoms with E-state index in [2.05, 4.69) is 0 Å². The molecule has 1 rings (SSSR count). The molecular weight excluding hydrogens is 195 g/mol. The van der Waals surface area contributed by atoms with E-state index in [1.54, 1.807) is 0 Å². The molecule has 0 saturated carbocycles. The second-order valence-corrected chi connectivity index (χ2v) is 3.72. The van der Waals surface area contributed by atoms with Crippen molar-refractivity contribution in [2.45, 2.75) is 26.4 Å². The molecule has 1 aromatic rings. The molecule has 3 heteroatoms. The summed E-state index contributed by atoms with van der Waals surface area (Å²) in [4.78, 5) is 0. The third kappa shape index (κ3) is 2.69. The summed E-state index contributed by atoms with van der Waals surface area (Å²) in [5.74, 6) is 0.262. The van der Waals surface area contributed by atoms with Crippen molar-refractivity contribution in [2.24, 2.45) is 5.92 Å². The van der Waals surface area contributed by atoms with Crippen LogP contribution in [0, 0.1) is 11.7 Å². The molecule has 0 aliphatic rings. The maximum Gasteiger partial charge on any atom is 0.124 e. The molecule has 2 nitrogen and oxygen atoms in total. The quantitative estimate of drug-likeness (QED) is 0.831. The number of benzene rings is 1. The van der Waals surface area contributed by atoms with Crippen molar-refractivity contribution in [1.82, 2.24) is 0 Å². The molecule has 0 saturated heterocycles. The van der Waals surface area contributed by atoms with Gasteiger partial charge in [0.15, 0.2) is 0 Å². The zero-order chi connectivity index (χ0) is 11.4. The molecule has 0 fully saturated rings. The van der Waals surface area contributed by atoms with E-state index in [0.717, 1.165) is 6.42 Å². The molecule has 84 valence electrons. The van der Waals surface area contributed by atoms with Crippen LogP contribution in [0.4, 0.5) is 4.39 Å². The van der Waals surface area contributed by atoms with Gasteiger partial charge in [0, 0.05) is 5.56 Å². The highest BCUT2D eigenvalue weighted by Crippen LogP contribution is 2.31. The van der Waals surface area contributed by atoms with Crippen LogP contribution < -0.4 is 4.74 Å². The molecule has 0 bridgehead atoms. The second kappa shape index (κ2) is 5.12. The van der Waals surface area contributed by atoms with E-state index in [-0.39, 0.29) is 11.7 Å². The number of aliphatic hydroxyl groups is 1. The van der Waals surface area contributed by atoms with Crippen molar-refractivity contribution >= 4 is 0 Å². The van der Waals surface area contributed by atoms with Gasteiger partial charge in [-0.25, -0.2) is 4.39 Å². The van der Waals surface area contributed by atoms with Gasteiger partial charge in [-0.05, 0) is 24.1 Å². The van der Waals surface area contributed by atoms with Crippen molar-refractivity contribution in [2.75, 3.05) is 7.11 Å². The Kier molecular flexibility index (Phi) is 4.09. The first-order valence-electron chi connectivity index (χ1n) is 5.11. The van der Waals surface area contributed by atoms with Crippen LogP contribution >= 0.6 is 0 Å². The maximum atomic E-state index is 13.0. The Bertz CT molecular complexity index is 325. The monoisotopic (exact) mass is 212 g/mol. The molecule has 0 heterocycles. The topological polar surface area (TPSA) is 29.5 Å². The fourth-order valence-corrected chi connectivity index (χ4v) is 1.47. The molecule has 0 radical (unpaired) electrons. The van der Waals surface area contributed by atoms with Crippen molar-refractivity contribution in [1.29, 1.82) is 0 Å². The highest BCUT2D eigenvalue weighted by atomic mass is 19.1. The van der Waals surface area contributed by atoms with Gasteiger partial charge in [-0.15, -0.1) is 0 Å². The predicted octanol–water partition coefficient (Wildman–Crippen LogP) is 2.91. The normalized spacial score (nSPS) is 14.7. The summed E-state index contributed by atoms with van der Waals surface area (Å²) in [6.07, 6.45) is 0.154. The zero-order valence-electron chi connectivity index (χ0n) is 9.33. The number of methoxy groups -OCH3 is 1. The fourth-order valence-electron chi connectivity index (χ4n) is 1.47. The summed E-state index contributed by atoms with van der Waals surface area (Å²) in [6, 6.07) is 4.19. The average molecular weight is 212 g/mol. The zero-order valence-corrected chi connectivity index (χ0v) is 9.33. The smallest absolute Gasteiger partial charge is 0.124 e. The molecule has 1 N–H and O–H groups in total. The Balaban J connectivity index is 3.05. The lowest BCUT2D eigenvalue weighted by Crippen LogP contribution is -2.09. The summed E-state index contributed by atoms with van der Waals surface area (Å²) >= 11 is 0. The van der Waals surface area contributed by atoms with E-state index < -0.39 is 6.10 Å². The molecule has 2 atom stereocenters. The summed E-state index contributed by atoms with van der Waals surface area (Å²) in [5.41, 5.74) is 0.520. The molecular formula is C12H17FO2. The standard InChI is InChI=1S/C12H17FO2/c1-4-8(2)12(14)10-7-9(13)5-6-11(10)15-3/h5-8,12,14H,4H2,1-3H3. The van der Waals surface area contributed by atoms with E-state index in [9.17, 15) is 9.50 Å². The van der Waals surface area contributed by atoms with Crippen LogP contribution in [0.2, 0.25) is 0 Å². The number of hydrogen-bond donors (Lipinski definition) is 1. The summed E-state index contributed by atoms with van der Waals surface area (Å²) in [6.45, 7) is 3.91. The lowest BCUT2D eigenvalue weighted by atomic mass is 9.94. The molecule has 0 amide bonds. The predicted molar refractivity (Wildman–Crippen MR) is 57.4 cm³/mol. The number of aliphatic hydroxyl groups excluding tert-OH is 1. The van der Waals surface area contributed by atoms with Crippen LogP contribution in [0.15, 0.2) is 18.2 Å². The van der Waals surface area contributed by atoms with E-state index in [0.29, 0.717) is 11.3 Å². The second-order valence-electron chi connectivity index (χ2n) is 3.72. The minimum atomic E-state index is -0.680. The third-order valence-electron chi connectivity index (χ3n) is 2.69. The van der Waals surface area contributed by atoms with Crippen molar-refractivity contribution in [3.8, 4) is 5.75 Å². The van der Waals surface area contributed by atoms with Gasteiger partial charge in [0.1, 0.15) is 11.6 Å². The third-order valence-corrected chi connectivity index (χ3v) is 2.69. The number of halogens is 1. The van der Waals surface area contributed by atoms with Crippen molar-refractivity contribution < 1.29 is 14.2 Å². The Labute approximate surface area is 89.7 Å². The largest absolute Gasteiger partial charge is 0.496 e. The SMILES string of the molecule is CCC(C)C(O)c1cc(F)ccc1OC. The van der Waals surface area contributed by atoms with Crippen LogP contribution in [0.25, 0.3) is 0 Å². The fraction of sp³-hybridized carbons (Fsp3) is 0.500. The highest BCUT2D eigenvalue weighted by molar-refractivity contribution is 5.35. The Morgan fingerprint density at radius 1 is 1.47 bits per heavy atom. The molecule has 0 spiro atoms. The van der Waals surface area contributed by atoms with Gasteiger partial charge in [-0.3, -0.25) is 0 Å². The van der Waals surface area contributed by atoms with E-state index in [1.807, 2.05) is 13.8 Å². The molecule has 1 aromatic carbocycles. The van der Waals surface area contributed by atoms with Gasteiger partial charge in [-0.2, -0.15) is 0 Å². The Hall–Kier alpha value is -1.09. The lowest BCUT2D eigenvalue weighted by molar-refractivity contribution is 0.112. The van der Waals surface area contributed by atoms with Crippen molar-refractivity contribution in [3.05, 3.63) is 29.6 Å². The van der Waals surface area contributed by atoms with Crippen LogP contribution in [0.1, 0.15) is 31.9 Å². The van der Waals surface area contributed by atoms with Crippen LogP contribution in [-0.2, 0) is 0 Å². The van der Waals surface area contributed by atoms with E-state index >= 15 is 0 Å². The summed E-state index contributed by atoms with van der Waals surface area (Å²) < 4.78 is 18.1. The van der Waals surface area contributed by atoms with E-state index in [1.165, 1.54) is 25.3 Å². The van der Waals surface area contributed by atoms with Crippen LogP contribution in [-0.4, -0.2) is 12.2 Å². The first-order valence-corrected chi connectivity index (χ1v) is 5.11. The first-order chi connectivity index (χ1) is 7.10. The Morgan fingerprint density at radius 2 is 2.13 bits per heavy atom.